The van der Waals surface area contributed by atoms with E-state index in [0.717, 1.165) is 0 Å². The van der Waals surface area contributed by atoms with Crippen LogP contribution in [-0.4, -0.2) is 31.9 Å². The summed E-state index contributed by atoms with van der Waals surface area (Å²) in [7, 11) is -10.4. The second-order valence-corrected chi connectivity index (χ2v) is 21.0. The zero-order chi connectivity index (χ0) is 53.1. The minimum atomic E-state index is -6.00. The molecule has 0 aliphatic rings. The number of hydrogen-bond acceptors (Lipinski definition) is 4. The number of pyridine rings is 2. The summed E-state index contributed by atoms with van der Waals surface area (Å²) in [6.07, 6.45) is 36.5. The van der Waals surface area contributed by atoms with Crippen LogP contribution in [0.2, 0.25) is 0 Å². The van der Waals surface area contributed by atoms with Gasteiger partial charge in [-0.25, -0.2) is 0 Å². The normalized spacial score (nSPS) is 11.2. The van der Waals surface area contributed by atoms with Crippen LogP contribution in [0.15, 0.2) is 72.8 Å². The molecule has 0 saturated carbocycles. The largest absolute Gasteiger partial charge is 0.673 e. The number of aryl methyl sites for hydroxylation is 8. The summed E-state index contributed by atoms with van der Waals surface area (Å²) < 4.78 is 70.6. The van der Waals surface area contributed by atoms with Crippen molar-refractivity contribution < 1.29 is 49.3 Å². The summed E-state index contributed by atoms with van der Waals surface area (Å²) in [5, 5.41) is 9.36. The standard InChI is InChI=1S/C30H48N.C26H40N.C2H4O5S.BF4/c1-5-6-7-8-9-10-11-12-13-14-15-16-17-18-19-29-20-22-30(23-21-29)31-27(3)24-26(2)25-28(31)4;1-5-6-7-8-9-10-11-12-13-14-15-25-16-18-26(19-17-25)27-23(3)20-22(2)21-24(27)4;3-2(4)1-8(5,6)7;2-1(3,4)5/h20-25H,5-19H2,1-4H3;16-21H,5-15H2,1-4H3;1H2,(H,3,4)(H,5,6,7);/q2*+1;;-1/p-1. The van der Waals surface area contributed by atoms with Gasteiger partial charge in [0.25, 0.3) is 10.1 Å². The lowest BCUT2D eigenvalue weighted by Crippen LogP contribution is -2.37. The Morgan fingerprint density at radius 2 is 0.690 bits per heavy atom. The van der Waals surface area contributed by atoms with E-state index in [1.807, 2.05) is 0 Å². The lowest BCUT2D eigenvalue weighted by molar-refractivity contribution is -0.610. The molecule has 2 aromatic carbocycles. The molecule has 2 heterocycles. The summed E-state index contributed by atoms with van der Waals surface area (Å²) in [5.41, 5.74) is 13.4. The van der Waals surface area contributed by atoms with Crippen LogP contribution in [0, 0.1) is 41.5 Å². The lowest BCUT2D eigenvalue weighted by atomic mass is 10.0. The van der Waals surface area contributed by atoms with Gasteiger partial charge in [-0.3, -0.25) is 4.55 Å². The van der Waals surface area contributed by atoms with E-state index >= 15 is 0 Å². The Labute approximate surface area is 428 Å². The number of benzene rings is 2. The molecule has 0 saturated heterocycles. The van der Waals surface area contributed by atoms with Crippen molar-refractivity contribution in [1.82, 2.24) is 0 Å². The Morgan fingerprint density at radius 3 is 0.887 bits per heavy atom. The first-order valence-electron chi connectivity index (χ1n) is 26.9. The van der Waals surface area contributed by atoms with Crippen molar-refractivity contribution in [2.45, 2.75) is 222 Å². The smallest absolute Gasteiger partial charge is 0.549 e. The number of rotatable bonds is 30. The molecule has 0 aliphatic carbocycles. The van der Waals surface area contributed by atoms with Gasteiger partial charge in [0.05, 0.1) is 5.97 Å². The molecule has 0 unspecified atom stereocenters. The van der Waals surface area contributed by atoms with Gasteiger partial charge >= 0.3 is 7.25 Å². The van der Waals surface area contributed by atoms with Crippen molar-refractivity contribution in [2.24, 2.45) is 0 Å². The molecular formula is C58H91BF4N2O5S. The number of nitrogens with zero attached hydrogens (tertiary/aromatic N) is 2. The Morgan fingerprint density at radius 1 is 0.465 bits per heavy atom. The van der Waals surface area contributed by atoms with Crippen molar-refractivity contribution in [2.75, 3.05) is 5.75 Å². The lowest BCUT2D eigenvalue weighted by Gasteiger charge is -2.06. The molecular weight excluding hydrogens is 924 g/mol. The van der Waals surface area contributed by atoms with Crippen molar-refractivity contribution in [3.8, 4) is 11.4 Å². The molecule has 2 aromatic heterocycles. The van der Waals surface area contributed by atoms with Gasteiger partial charge in [0, 0.05) is 76.2 Å². The molecule has 0 fully saturated rings. The zero-order valence-electron chi connectivity index (χ0n) is 45.0. The number of carbonyl (C=O) groups excluding carboxylic acids is 1. The number of unbranched alkanes of at least 4 members (excludes halogenated alkanes) is 22. The molecule has 71 heavy (non-hydrogen) atoms. The molecule has 7 nitrogen and oxygen atoms in total. The van der Waals surface area contributed by atoms with Crippen molar-refractivity contribution in [1.29, 1.82) is 0 Å². The van der Waals surface area contributed by atoms with E-state index in [1.54, 1.807) is 0 Å². The van der Waals surface area contributed by atoms with Gasteiger partial charge in [0.2, 0.25) is 11.4 Å². The van der Waals surface area contributed by atoms with Crippen LogP contribution in [-0.2, 0) is 27.8 Å². The van der Waals surface area contributed by atoms with E-state index in [0.29, 0.717) is 0 Å². The quantitative estimate of drug-likeness (QED) is 0.0184. The van der Waals surface area contributed by atoms with E-state index in [9.17, 15) is 35.6 Å². The van der Waals surface area contributed by atoms with Gasteiger partial charge in [-0.15, -0.1) is 0 Å². The molecule has 1 N–H and O–H groups in total. The first kappa shape index (κ1) is 64.9. The topological polar surface area (TPSA) is 102 Å². The SMILES string of the molecule is CCCCCCCCCCCCCCCCc1ccc(-[n+]2c(C)cc(C)cc2C)cc1.CCCCCCCCCCCCc1ccc(-[n+]2c(C)cc(C)cc2C)cc1.F[B-](F)(F)F.O=C([O-])CS(=O)(=O)O. The highest BCUT2D eigenvalue weighted by molar-refractivity contribution is 7.86. The fraction of sp³-hybridized carbons (Fsp3) is 0.603. The average molecular weight is 1020 g/mol. The number of carbonyl (C=O) groups is 1. The predicted octanol–water partition coefficient (Wildman–Crippen LogP) is 15.2. The van der Waals surface area contributed by atoms with E-state index in [-0.39, 0.29) is 0 Å². The molecule has 0 bridgehead atoms. The van der Waals surface area contributed by atoms with E-state index < -0.39 is 29.1 Å². The molecule has 4 aromatic rings. The summed E-state index contributed by atoms with van der Waals surface area (Å²) in [4.78, 5) is 9.36. The number of aromatic nitrogens is 2. The summed E-state index contributed by atoms with van der Waals surface area (Å²) in [6, 6.07) is 27.4. The average Bonchev–Trinajstić information content (AvgIpc) is 3.26. The number of carboxylic acids is 1. The van der Waals surface area contributed by atoms with Crippen LogP contribution in [0.25, 0.3) is 11.4 Å². The van der Waals surface area contributed by atoms with E-state index in [2.05, 4.69) is 137 Å². The van der Waals surface area contributed by atoms with Gasteiger partial charge in [-0.1, -0.05) is 179 Å². The predicted molar refractivity (Wildman–Crippen MR) is 286 cm³/mol. The van der Waals surface area contributed by atoms with Crippen LogP contribution < -0.4 is 14.2 Å². The minimum absolute atomic E-state index is 1.22. The van der Waals surface area contributed by atoms with E-state index in [1.165, 1.54) is 223 Å². The maximum absolute atomic E-state index is 9.75. The van der Waals surface area contributed by atoms with Crippen molar-refractivity contribution in [3.63, 3.8) is 0 Å². The number of carboxylic acid groups (broad SMARTS) is 1. The summed E-state index contributed by atoms with van der Waals surface area (Å²) >= 11 is 0. The molecule has 0 aliphatic heterocycles. The van der Waals surface area contributed by atoms with Gasteiger partial charge in [-0.2, -0.15) is 17.6 Å². The highest BCUT2D eigenvalue weighted by Crippen LogP contribution is 2.17. The number of hydrogen-bond donors (Lipinski definition) is 1. The number of aliphatic carboxylic acids is 1. The monoisotopic (exact) mass is 1010 g/mol. The minimum Gasteiger partial charge on any atom is -0.549 e. The van der Waals surface area contributed by atoms with Crippen LogP contribution in [0.3, 0.4) is 0 Å². The van der Waals surface area contributed by atoms with Crippen LogP contribution in [0.4, 0.5) is 17.3 Å². The molecule has 400 valence electrons. The third-order valence-corrected chi connectivity index (χ3v) is 13.1. The van der Waals surface area contributed by atoms with Gasteiger partial charge in [0.1, 0.15) is 5.75 Å². The maximum Gasteiger partial charge on any atom is 0.673 e. The fourth-order valence-corrected chi connectivity index (χ4v) is 9.44. The number of halogens is 4. The Balaban J connectivity index is 0.000000571. The second kappa shape index (κ2) is 37.6. The Kier molecular flexibility index (Phi) is 34.4. The third-order valence-electron chi connectivity index (χ3n) is 12.5. The summed E-state index contributed by atoms with van der Waals surface area (Å²) in [5.74, 6) is -3.15. The first-order valence-corrected chi connectivity index (χ1v) is 28.5. The molecule has 0 spiro atoms. The zero-order valence-corrected chi connectivity index (χ0v) is 45.8. The van der Waals surface area contributed by atoms with Gasteiger partial charge in [-0.05, 0) is 61.8 Å². The third kappa shape index (κ3) is 34.1. The second-order valence-electron chi connectivity index (χ2n) is 19.5. The molecule has 0 amide bonds. The van der Waals surface area contributed by atoms with Crippen LogP contribution in [0.5, 0.6) is 0 Å². The highest BCUT2D eigenvalue weighted by Gasteiger charge is 2.21. The van der Waals surface area contributed by atoms with Gasteiger partial charge in [0.15, 0.2) is 22.8 Å². The van der Waals surface area contributed by atoms with Crippen LogP contribution >= 0.6 is 0 Å². The maximum atomic E-state index is 9.75. The molecule has 4 rings (SSSR count). The molecule has 13 heteroatoms. The van der Waals surface area contributed by atoms with E-state index in [4.69, 9.17) is 4.55 Å². The molecule has 0 atom stereocenters. The van der Waals surface area contributed by atoms with Crippen LogP contribution in [0.1, 0.15) is 213 Å². The molecule has 0 radical (unpaired) electrons. The fourth-order valence-electron chi connectivity index (χ4n) is 9.14. The van der Waals surface area contributed by atoms with Crippen molar-refractivity contribution in [3.05, 3.63) is 118 Å². The van der Waals surface area contributed by atoms with Crippen molar-refractivity contribution >= 4 is 23.3 Å². The first-order chi connectivity index (χ1) is 33.6. The Bertz CT molecular complexity index is 2100. The van der Waals surface area contributed by atoms with Gasteiger partial charge < -0.3 is 27.2 Å². The highest BCUT2D eigenvalue weighted by atomic mass is 32.2. The Hall–Kier alpha value is -4.10. The summed E-state index contributed by atoms with van der Waals surface area (Å²) in [6.45, 7) is 17.7.